The second-order valence-electron chi connectivity index (χ2n) is 10.5. The number of aryl methyl sites for hydroxylation is 1. The number of carbonyl (C=O) groups is 1. The lowest BCUT2D eigenvalue weighted by molar-refractivity contribution is -0.139. The lowest BCUT2D eigenvalue weighted by Crippen LogP contribution is -2.13. The van der Waals surface area contributed by atoms with Crippen LogP contribution in [-0.4, -0.2) is 30.9 Å². The third-order valence-corrected chi connectivity index (χ3v) is 7.73. The van der Waals surface area contributed by atoms with E-state index in [1.807, 2.05) is 6.07 Å². The largest absolute Gasteiger partial charge is 0.490 e. The van der Waals surface area contributed by atoms with E-state index in [0.717, 1.165) is 29.2 Å². The first-order chi connectivity index (χ1) is 18.0. The summed E-state index contributed by atoms with van der Waals surface area (Å²) >= 11 is 0. The maximum absolute atomic E-state index is 11.6. The van der Waals surface area contributed by atoms with Gasteiger partial charge in [-0.05, 0) is 91.2 Å². The maximum Gasteiger partial charge on any atom is 0.333 e. The molecule has 1 fully saturated rings. The number of ether oxygens (including phenoxy) is 2. The molecule has 3 rings (SSSR count). The number of hydrogen-bond acceptors (Lipinski definition) is 4. The SMILES string of the molecule is C=C(C)C(=O)OCCOc1cc(-c2ccc(C3CCC(CCCCC)CC3)cc2CC)ccc1CCO. The molecule has 0 heterocycles. The maximum atomic E-state index is 11.6. The van der Waals surface area contributed by atoms with Crippen molar-refractivity contribution in [3.05, 3.63) is 65.2 Å². The predicted octanol–water partition coefficient (Wildman–Crippen LogP) is 7.80. The van der Waals surface area contributed by atoms with Gasteiger partial charge in [-0.2, -0.15) is 0 Å². The first-order valence-corrected chi connectivity index (χ1v) is 14.3. The van der Waals surface area contributed by atoms with Crippen LogP contribution in [0.5, 0.6) is 5.75 Å². The predicted molar refractivity (Wildman–Crippen MR) is 152 cm³/mol. The highest BCUT2D eigenvalue weighted by molar-refractivity contribution is 5.86. The van der Waals surface area contributed by atoms with Crippen LogP contribution in [-0.2, 0) is 22.4 Å². The molecule has 0 unspecified atom stereocenters. The summed E-state index contributed by atoms with van der Waals surface area (Å²) in [6.07, 6.45) is 12.3. The number of benzene rings is 2. The molecule has 1 saturated carbocycles. The Labute approximate surface area is 224 Å². The Balaban J connectivity index is 1.70. The van der Waals surface area contributed by atoms with Crippen molar-refractivity contribution in [1.29, 1.82) is 0 Å². The highest BCUT2D eigenvalue weighted by atomic mass is 16.6. The van der Waals surface area contributed by atoms with Crippen LogP contribution in [0, 0.1) is 5.92 Å². The second-order valence-corrected chi connectivity index (χ2v) is 10.5. The van der Waals surface area contributed by atoms with Gasteiger partial charge in [-0.25, -0.2) is 4.79 Å². The molecule has 1 aliphatic carbocycles. The van der Waals surface area contributed by atoms with E-state index in [0.29, 0.717) is 17.9 Å². The topological polar surface area (TPSA) is 55.8 Å². The van der Waals surface area contributed by atoms with Crippen LogP contribution in [0.2, 0.25) is 0 Å². The highest BCUT2D eigenvalue weighted by Crippen LogP contribution is 2.39. The van der Waals surface area contributed by atoms with Crippen LogP contribution in [0.3, 0.4) is 0 Å². The first kappa shape index (κ1) is 29.0. The number of carbonyl (C=O) groups excluding carboxylic acids is 1. The molecule has 0 spiro atoms. The smallest absolute Gasteiger partial charge is 0.333 e. The van der Waals surface area contributed by atoms with Crippen molar-refractivity contribution in [3.8, 4) is 16.9 Å². The van der Waals surface area contributed by atoms with Gasteiger partial charge in [-0.3, -0.25) is 0 Å². The molecule has 0 bridgehead atoms. The molecule has 1 N–H and O–H groups in total. The fourth-order valence-electron chi connectivity index (χ4n) is 5.50. The third-order valence-electron chi connectivity index (χ3n) is 7.73. The average molecular weight is 507 g/mol. The van der Waals surface area contributed by atoms with Crippen molar-refractivity contribution >= 4 is 5.97 Å². The first-order valence-electron chi connectivity index (χ1n) is 14.3. The Morgan fingerprint density at radius 3 is 2.46 bits per heavy atom. The molecular formula is C33H46O4. The molecule has 202 valence electrons. The van der Waals surface area contributed by atoms with E-state index in [-0.39, 0.29) is 19.8 Å². The Morgan fingerprint density at radius 2 is 1.78 bits per heavy atom. The highest BCUT2D eigenvalue weighted by Gasteiger charge is 2.23. The second kappa shape index (κ2) is 15.0. The normalized spacial score (nSPS) is 17.4. The molecule has 4 heteroatoms. The summed E-state index contributed by atoms with van der Waals surface area (Å²) < 4.78 is 11.2. The molecule has 0 amide bonds. The van der Waals surface area contributed by atoms with Crippen molar-refractivity contribution in [2.24, 2.45) is 5.92 Å². The quantitative estimate of drug-likeness (QED) is 0.161. The Kier molecular flexibility index (Phi) is 11.7. The van der Waals surface area contributed by atoms with Crippen molar-refractivity contribution in [2.45, 2.75) is 90.9 Å². The van der Waals surface area contributed by atoms with Gasteiger partial charge >= 0.3 is 5.97 Å². The van der Waals surface area contributed by atoms with Crippen LogP contribution in [0.4, 0.5) is 0 Å². The van der Waals surface area contributed by atoms with Gasteiger partial charge in [0, 0.05) is 12.2 Å². The molecule has 1 aliphatic rings. The minimum Gasteiger partial charge on any atom is -0.490 e. The van der Waals surface area contributed by atoms with Crippen molar-refractivity contribution in [1.82, 2.24) is 0 Å². The summed E-state index contributed by atoms with van der Waals surface area (Å²) in [5.41, 5.74) is 6.51. The van der Waals surface area contributed by atoms with Crippen LogP contribution in [0.25, 0.3) is 11.1 Å². The van der Waals surface area contributed by atoms with Gasteiger partial charge in [-0.1, -0.05) is 76.4 Å². The molecule has 2 aromatic rings. The van der Waals surface area contributed by atoms with Crippen LogP contribution < -0.4 is 4.74 Å². The fourth-order valence-corrected chi connectivity index (χ4v) is 5.50. The minimum absolute atomic E-state index is 0.0517. The summed E-state index contributed by atoms with van der Waals surface area (Å²) in [7, 11) is 0. The van der Waals surface area contributed by atoms with Gasteiger partial charge < -0.3 is 14.6 Å². The number of rotatable bonds is 14. The molecular weight excluding hydrogens is 460 g/mol. The monoisotopic (exact) mass is 506 g/mol. The van der Waals surface area contributed by atoms with Crippen LogP contribution in [0.15, 0.2) is 48.6 Å². The molecule has 0 aliphatic heterocycles. The van der Waals surface area contributed by atoms with Crippen LogP contribution in [0.1, 0.15) is 94.7 Å². The number of esters is 1. The summed E-state index contributed by atoms with van der Waals surface area (Å²) in [4.78, 5) is 11.6. The standard InChI is InChI=1S/C33H46O4/c1-5-7-8-9-25-10-12-27(13-11-25)29-16-17-31(26(6-2)22-29)30-15-14-28(18-19-34)32(23-30)36-20-21-37-33(35)24(3)4/h14-17,22-23,25,27,34H,3,5-13,18-21H2,1-2,4H3. The number of hydrogen-bond donors (Lipinski definition) is 1. The number of aliphatic hydroxyl groups is 1. The zero-order chi connectivity index (χ0) is 26.6. The summed E-state index contributed by atoms with van der Waals surface area (Å²) in [6, 6.07) is 13.2. The van der Waals surface area contributed by atoms with E-state index in [2.05, 4.69) is 50.8 Å². The molecule has 0 atom stereocenters. The average Bonchev–Trinajstić information content (AvgIpc) is 2.92. The molecule has 4 nitrogen and oxygen atoms in total. The van der Waals surface area contributed by atoms with Gasteiger partial charge in [-0.15, -0.1) is 0 Å². The number of aliphatic hydroxyl groups excluding tert-OH is 1. The van der Waals surface area contributed by atoms with Gasteiger partial charge in [0.2, 0.25) is 0 Å². The van der Waals surface area contributed by atoms with Gasteiger partial charge in [0.25, 0.3) is 0 Å². The zero-order valence-electron chi connectivity index (χ0n) is 23.2. The zero-order valence-corrected chi connectivity index (χ0v) is 23.2. The number of unbranched alkanes of at least 4 members (excludes halogenated alkanes) is 2. The molecule has 37 heavy (non-hydrogen) atoms. The Morgan fingerprint density at radius 1 is 1.00 bits per heavy atom. The van der Waals surface area contributed by atoms with E-state index in [1.165, 1.54) is 68.1 Å². The summed E-state index contributed by atoms with van der Waals surface area (Å²) in [5.74, 6) is 1.92. The van der Waals surface area contributed by atoms with Gasteiger partial charge in [0.1, 0.15) is 19.0 Å². The van der Waals surface area contributed by atoms with Crippen molar-refractivity contribution in [2.75, 3.05) is 19.8 Å². The molecule has 0 radical (unpaired) electrons. The van der Waals surface area contributed by atoms with Gasteiger partial charge in [0.15, 0.2) is 0 Å². The van der Waals surface area contributed by atoms with E-state index in [1.54, 1.807) is 6.92 Å². The van der Waals surface area contributed by atoms with Crippen molar-refractivity contribution < 1.29 is 19.4 Å². The van der Waals surface area contributed by atoms with Crippen LogP contribution >= 0.6 is 0 Å². The van der Waals surface area contributed by atoms with E-state index in [9.17, 15) is 9.90 Å². The molecule has 2 aromatic carbocycles. The lowest BCUT2D eigenvalue weighted by Gasteiger charge is -2.29. The van der Waals surface area contributed by atoms with E-state index < -0.39 is 5.97 Å². The molecule has 0 aromatic heterocycles. The van der Waals surface area contributed by atoms with E-state index >= 15 is 0 Å². The third kappa shape index (κ3) is 8.46. The fraction of sp³-hybridized carbons (Fsp3) is 0.545. The minimum atomic E-state index is -0.411. The molecule has 0 saturated heterocycles. The Bertz CT molecular complexity index is 1020. The van der Waals surface area contributed by atoms with Crippen molar-refractivity contribution in [3.63, 3.8) is 0 Å². The summed E-state index contributed by atoms with van der Waals surface area (Å²) in [6.45, 7) is 10.2. The summed E-state index contributed by atoms with van der Waals surface area (Å²) in [5, 5.41) is 9.51. The van der Waals surface area contributed by atoms with E-state index in [4.69, 9.17) is 9.47 Å². The lowest BCUT2D eigenvalue weighted by atomic mass is 9.76. The van der Waals surface area contributed by atoms with Gasteiger partial charge in [0.05, 0.1) is 0 Å². The Hall–Kier alpha value is -2.59.